The van der Waals surface area contributed by atoms with Crippen LogP contribution in [0.2, 0.25) is 0 Å². The second-order valence-electron chi connectivity index (χ2n) is 7.04. The smallest absolute Gasteiger partial charge is 0.325 e. The van der Waals surface area contributed by atoms with Crippen LogP contribution >= 0.6 is 0 Å². The fraction of sp³-hybridized carbons (Fsp3) is 0.562. The molecule has 3 nitrogen and oxygen atoms in total. The van der Waals surface area contributed by atoms with E-state index in [2.05, 4.69) is 26.1 Å². The Labute approximate surface area is 116 Å². The fourth-order valence-electron chi connectivity index (χ4n) is 1.90. The molecule has 0 heterocycles. The number of benzene rings is 1. The number of aliphatic carboxylic acids is 1. The van der Waals surface area contributed by atoms with Crippen molar-refractivity contribution in [3.8, 4) is 0 Å². The second-order valence-corrected chi connectivity index (χ2v) is 7.04. The van der Waals surface area contributed by atoms with Gasteiger partial charge in [0.1, 0.15) is 6.04 Å². The van der Waals surface area contributed by atoms with E-state index in [0.717, 1.165) is 5.56 Å². The molecule has 0 amide bonds. The molecule has 0 saturated heterocycles. The van der Waals surface area contributed by atoms with Gasteiger partial charge in [0.15, 0.2) is 0 Å². The van der Waals surface area contributed by atoms with Crippen molar-refractivity contribution in [2.75, 3.05) is 0 Å². The standard InChI is InChI=1S/C16H25NO2/c1-15(2,3)12-9-7-11(8-10-12)13(14(18)19)17-16(4,5)6/h7-10,13,17H,1-6H3,(H,18,19). The molecule has 0 aliphatic heterocycles. The molecule has 0 radical (unpaired) electrons. The van der Waals surface area contributed by atoms with Crippen LogP contribution in [0.1, 0.15) is 58.7 Å². The third-order valence-corrected chi connectivity index (χ3v) is 2.93. The molecule has 0 aromatic heterocycles. The number of carbonyl (C=O) groups is 1. The van der Waals surface area contributed by atoms with Gasteiger partial charge in [-0.3, -0.25) is 10.1 Å². The van der Waals surface area contributed by atoms with Gasteiger partial charge in [-0.05, 0) is 37.3 Å². The van der Waals surface area contributed by atoms with Crippen molar-refractivity contribution >= 4 is 5.97 Å². The molecular formula is C16H25NO2. The Balaban J connectivity index is 3.02. The molecule has 106 valence electrons. The van der Waals surface area contributed by atoms with Crippen molar-refractivity contribution in [1.29, 1.82) is 0 Å². The van der Waals surface area contributed by atoms with Crippen LogP contribution < -0.4 is 5.32 Å². The minimum Gasteiger partial charge on any atom is -0.480 e. The zero-order chi connectivity index (χ0) is 14.8. The SMILES string of the molecule is CC(C)(C)NC(C(=O)O)c1ccc(C(C)(C)C)cc1. The summed E-state index contributed by atoms with van der Waals surface area (Å²) in [6, 6.07) is 7.15. The number of rotatable bonds is 3. The molecule has 0 aliphatic carbocycles. The van der Waals surface area contributed by atoms with Crippen LogP contribution in [0.4, 0.5) is 0 Å². The number of hydrogen-bond acceptors (Lipinski definition) is 2. The number of carboxylic acids is 1. The highest BCUT2D eigenvalue weighted by atomic mass is 16.4. The Kier molecular flexibility index (Phi) is 4.41. The monoisotopic (exact) mass is 263 g/mol. The molecule has 1 unspecified atom stereocenters. The van der Waals surface area contributed by atoms with E-state index in [1.807, 2.05) is 45.0 Å². The predicted octanol–water partition coefficient (Wildman–Crippen LogP) is 3.50. The molecule has 0 aliphatic rings. The molecule has 1 rings (SSSR count). The van der Waals surface area contributed by atoms with Crippen molar-refractivity contribution < 1.29 is 9.90 Å². The van der Waals surface area contributed by atoms with Gasteiger partial charge in [-0.15, -0.1) is 0 Å². The minimum absolute atomic E-state index is 0.0781. The summed E-state index contributed by atoms with van der Waals surface area (Å²) in [5.41, 5.74) is 1.83. The van der Waals surface area contributed by atoms with Gasteiger partial charge in [0.2, 0.25) is 0 Å². The van der Waals surface area contributed by atoms with Crippen LogP contribution in [0.5, 0.6) is 0 Å². The molecule has 0 fully saturated rings. The van der Waals surface area contributed by atoms with E-state index in [-0.39, 0.29) is 11.0 Å². The van der Waals surface area contributed by atoms with Gasteiger partial charge in [0, 0.05) is 5.54 Å². The summed E-state index contributed by atoms with van der Waals surface area (Å²) >= 11 is 0. The normalized spacial score (nSPS) is 14.2. The maximum absolute atomic E-state index is 11.4. The lowest BCUT2D eigenvalue weighted by atomic mass is 9.86. The Hall–Kier alpha value is -1.35. The Morgan fingerprint density at radius 1 is 1.05 bits per heavy atom. The molecule has 2 N–H and O–H groups in total. The number of nitrogens with one attached hydrogen (secondary N) is 1. The van der Waals surface area contributed by atoms with Crippen molar-refractivity contribution in [2.24, 2.45) is 0 Å². The number of carboxylic acid groups (broad SMARTS) is 1. The fourth-order valence-corrected chi connectivity index (χ4v) is 1.90. The van der Waals surface area contributed by atoms with Crippen LogP contribution in [0.15, 0.2) is 24.3 Å². The van der Waals surface area contributed by atoms with Crippen LogP contribution in [-0.4, -0.2) is 16.6 Å². The van der Waals surface area contributed by atoms with Crippen molar-refractivity contribution in [2.45, 2.75) is 58.5 Å². The van der Waals surface area contributed by atoms with Crippen LogP contribution in [0.3, 0.4) is 0 Å². The van der Waals surface area contributed by atoms with Crippen LogP contribution in [-0.2, 0) is 10.2 Å². The predicted molar refractivity (Wildman–Crippen MR) is 78.4 cm³/mol. The van der Waals surface area contributed by atoms with Gasteiger partial charge in [0.25, 0.3) is 0 Å². The van der Waals surface area contributed by atoms with Crippen molar-refractivity contribution in [3.05, 3.63) is 35.4 Å². The average Bonchev–Trinajstić information content (AvgIpc) is 2.23. The maximum atomic E-state index is 11.4. The Morgan fingerprint density at radius 3 is 1.84 bits per heavy atom. The first-order valence-corrected chi connectivity index (χ1v) is 6.62. The lowest BCUT2D eigenvalue weighted by Gasteiger charge is -2.27. The second kappa shape index (κ2) is 5.33. The van der Waals surface area contributed by atoms with E-state index < -0.39 is 12.0 Å². The highest BCUT2D eigenvalue weighted by Crippen LogP contribution is 2.24. The van der Waals surface area contributed by atoms with Gasteiger partial charge in [-0.1, -0.05) is 45.0 Å². The summed E-state index contributed by atoms with van der Waals surface area (Å²) in [7, 11) is 0. The molecule has 1 aromatic rings. The third kappa shape index (κ3) is 4.67. The summed E-state index contributed by atoms with van der Waals surface area (Å²) in [4.78, 5) is 11.4. The van der Waals surface area contributed by atoms with E-state index in [1.54, 1.807) is 0 Å². The summed E-state index contributed by atoms with van der Waals surface area (Å²) in [5.74, 6) is -0.849. The minimum atomic E-state index is -0.849. The third-order valence-electron chi connectivity index (χ3n) is 2.93. The summed E-state index contributed by atoms with van der Waals surface area (Å²) in [6.07, 6.45) is 0. The average molecular weight is 263 g/mol. The molecule has 1 atom stereocenters. The summed E-state index contributed by atoms with van der Waals surface area (Å²) in [6.45, 7) is 12.3. The molecule has 0 bridgehead atoms. The zero-order valence-electron chi connectivity index (χ0n) is 12.7. The lowest BCUT2D eigenvalue weighted by Crippen LogP contribution is -2.42. The van der Waals surface area contributed by atoms with E-state index in [4.69, 9.17) is 0 Å². The van der Waals surface area contributed by atoms with Crippen molar-refractivity contribution in [1.82, 2.24) is 5.32 Å². The van der Waals surface area contributed by atoms with Crippen molar-refractivity contribution in [3.63, 3.8) is 0 Å². The highest BCUT2D eigenvalue weighted by Gasteiger charge is 2.25. The first-order chi connectivity index (χ1) is 8.50. The van der Waals surface area contributed by atoms with E-state index >= 15 is 0 Å². The topological polar surface area (TPSA) is 49.3 Å². The molecular weight excluding hydrogens is 238 g/mol. The first-order valence-electron chi connectivity index (χ1n) is 6.62. The molecule has 1 aromatic carbocycles. The van der Waals surface area contributed by atoms with E-state index in [1.165, 1.54) is 5.56 Å². The van der Waals surface area contributed by atoms with Gasteiger partial charge in [0.05, 0.1) is 0 Å². The van der Waals surface area contributed by atoms with Gasteiger partial charge < -0.3 is 5.11 Å². The van der Waals surface area contributed by atoms with E-state index in [0.29, 0.717) is 0 Å². The summed E-state index contributed by atoms with van der Waals surface area (Å²) < 4.78 is 0. The molecule has 19 heavy (non-hydrogen) atoms. The van der Waals surface area contributed by atoms with Gasteiger partial charge >= 0.3 is 5.97 Å². The van der Waals surface area contributed by atoms with Crippen LogP contribution in [0.25, 0.3) is 0 Å². The quantitative estimate of drug-likeness (QED) is 0.877. The van der Waals surface area contributed by atoms with Gasteiger partial charge in [-0.2, -0.15) is 0 Å². The number of hydrogen-bond donors (Lipinski definition) is 2. The maximum Gasteiger partial charge on any atom is 0.325 e. The van der Waals surface area contributed by atoms with Crippen LogP contribution in [0, 0.1) is 0 Å². The van der Waals surface area contributed by atoms with Gasteiger partial charge in [-0.25, -0.2) is 0 Å². The first kappa shape index (κ1) is 15.7. The zero-order valence-corrected chi connectivity index (χ0v) is 12.7. The van der Waals surface area contributed by atoms with E-state index in [9.17, 15) is 9.90 Å². The Morgan fingerprint density at radius 2 is 1.53 bits per heavy atom. The summed E-state index contributed by atoms with van der Waals surface area (Å²) in [5, 5.41) is 12.5. The lowest BCUT2D eigenvalue weighted by molar-refractivity contribution is -0.140. The Bertz CT molecular complexity index is 435. The molecule has 0 spiro atoms. The molecule has 3 heteroatoms. The highest BCUT2D eigenvalue weighted by molar-refractivity contribution is 5.75. The molecule has 0 saturated carbocycles. The largest absolute Gasteiger partial charge is 0.480 e.